The molecule has 1 rings (SSSR count). The van der Waals surface area contributed by atoms with Gasteiger partial charge in [0, 0.05) is 24.6 Å². The van der Waals surface area contributed by atoms with Crippen molar-refractivity contribution < 1.29 is 9.53 Å². The van der Waals surface area contributed by atoms with E-state index < -0.39 is 0 Å². The van der Waals surface area contributed by atoms with Crippen LogP contribution in [0.25, 0.3) is 0 Å². The van der Waals surface area contributed by atoms with Gasteiger partial charge in [-0.25, -0.2) is 4.98 Å². The van der Waals surface area contributed by atoms with Crippen LogP contribution in [0.1, 0.15) is 28.5 Å². The maximum Gasteiger partial charge on any atom is 0.234 e. The van der Waals surface area contributed by atoms with E-state index in [0.29, 0.717) is 19.7 Å². The summed E-state index contributed by atoms with van der Waals surface area (Å²) < 4.78 is 4.86. The molecule has 6 heteroatoms. The molecule has 5 nitrogen and oxygen atoms in total. The molecule has 1 heterocycles. The van der Waals surface area contributed by atoms with Crippen molar-refractivity contribution in [3.63, 3.8) is 0 Å². The highest BCUT2D eigenvalue weighted by molar-refractivity contribution is 7.11. The molecule has 18 heavy (non-hydrogen) atoms. The minimum Gasteiger partial charge on any atom is -0.383 e. The molecular formula is C12H21N3O2S. The van der Waals surface area contributed by atoms with Gasteiger partial charge in [-0.2, -0.15) is 0 Å². The summed E-state index contributed by atoms with van der Waals surface area (Å²) in [7, 11) is 1.61. The molecule has 0 bridgehead atoms. The van der Waals surface area contributed by atoms with Gasteiger partial charge in [-0.15, -0.1) is 11.3 Å². The monoisotopic (exact) mass is 271 g/mol. The number of thiazole rings is 1. The Morgan fingerprint density at radius 2 is 2.22 bits per heavy atom. The van der Waals surface area contributed by atoms with Gasteiger partial charge < -0.3 is 15.4 Å². The molecule has 1 amide bonds. The first-order valence-electron chi connectivity index (χ1n) is 5.97. The number of aryl methyl sites for hydroxylation is 2. The van der Waals surface area contributed by atoms with Crippen LogP contribution < -0.4 is 10.6 Å². The van der Waals surface area contributed by atoms with Crippen molar-refractivity contribution >= 4 is 17.2 Å². The minimum atomic E-state index is -0.0159. The lowest BCUT2D eigenvalue weighted by Gasteiger charge is -2.12. The first kappa shape index (κ1) is 15.1. The zero-order valence-corrected chi connectivity index (χ0v) is 12.2. The maximum absolute atomic E-state index is 11.5. The second-order valence-electron chi connectivity index (χ2n) is 4.13. The topological polar surface area (TPSA) is 63.2 Å². The quantitative estimate of drug-likeness (QED) is 0.731. The van der Waals surface area contributed by atoms with E-state index in [4.69, 9.17) is 4.74 Å². The number of methoxy groups -OCH3 is 1. The van der Waals surface area contributed by atoms with Gasteiger partial charge in [0.2, 0.25) is 5.91 Å². The Bertz CT molecular complexity index is 393. The Morgan fingerprint density at radius 1 is 1.50 bits per heavy atom. The molecule has 0 aliphatic heterocycles. The SMILES string of the molecule is COCCNC(=O)CNC(C)c1sc(C)nc1C. The largest absolute Gasteiger partial charge is 0.383 e. The van der Waals surface area contributed by atoms with Gasteiger partial charge in [0.25, 0.3) is 0 Å². The lowest BCUT2D eigenvalue weighted by molar-refractivity contribution is -0.120. The molecule has 1 aromatic rings. The summed E-state index contributed by atoms with van der Waals surface area (Å²) >= 11 is 1.67. The summed E-state index contributed by atoms with van der Waals surface area (Å²) in [5.74, 6) is -0.0159. The number of amides is 1. The van der Waals surface area contributed by atoms with Crippen LogP contribution in [0.15, 0.2) is 0 Å². The molecule has 0 radical (unpaired) electrons. The van der Waals surface area contributed by atoms with Crippen LogP contribution in [-0.4, -0.2) is 37.7 Å². The number of aromatic nitrogens is 1. The van der Waals surface area contributed by atoms with E-state index >= 15 is 0 Å². The number of carbonyl (C=O) groups excluding carboxylic acids is 1. The van der Waals surface area contributed by atoms with Gasteiger partial charge in [-0.1, -0.05) is 0 Å². The lowest BCUT2D eigenvalue weighted by atomic mass is 10.2. The molecule has 0 aliphatic carbocycles. The predicted octanol–water partition coefficient (Wildman–Crippen LogP) is 1.17. The fraction of sp³-hybridized carbons (Fsp3) is 0.667. The van der Waals surface area contributed by atoms with Crippen molar-refractivity contribution in [2.24, 2.45) is 0 Å². The van der Waals surface area contributed by atoms with Gasteiger partial charge in [-0.05, 0) is 20.8 Å². The third-order valence-electron chi connectivity index (χ3n) is 2.53. The molecule has 2 N–H and O–H groups in total. The van der Waals surface area contributed by atoms with Crippen molar-refractivity contribution in [1.29, 1.82) is 0 Å². The predicted molar refractivity (Wildman–Crippen MR) is 72.9 cm³/mol. The third kappa shape index (κ3) is 4.72. The van der Waals surface area contributed by atoms with Crippen LogP contribution in [0.5, 0.6) is 0 Å². The van der Waals surface area contributed by atoms with E-state index in [2.05, 4.69) is 15.6 Å². The molecule has 0 aliphatic rings. The number of carbonyl (C=O) groups is 1. The van der Waals surface area contributed by atoms with E-state index in [1.54, 1.807) is 18.4 Å². The van der Waals surface area contributed by atoms with Gasteiger partial charge >= 0.3 is 0 Å². The molecule has 0 fully saturated rings. The number of rotatable bonds is 7. The van der Waals surface area contributed by atoms with E-state index in [0.717, 1.165) is 10.7 Å². The number of nitrogens with zero attached hydrogens (tertiary/aromatic N) is 1. The Hall–Kier alpha value is -0.980. The summed E-state index contributed by atoms with van der Waals surface area (Å²) in [5.41, 5.74) is 1.04. The van der Waals surface area contributed by atoms with Gasteiger partial charge in [-0.3, -0.25) is 4.79 Å². The standard InChI is InChI=1S/C12H21N3O2S/c1-8(12-9(2)15-10(3)18-12)14-7-11(16)13-5-6-17-4/h8,14H,5-7H2,1-4H3,(H,13,16). The zero-order valence-electron chi connectivity index (χ0n) is 11.4. The molecule has 0 spiro atoms. The smallest absolute Gasteiger partial charge is 0.234 e. The minimum absolute atomic E-state index is 0.0159. The van der Waals surface area contributed by atoms with Crippen LogP contribution in [0, 0.1) is 13.8 Å². The van der Waals surface area contributed by atoms with Gasteiger partial charge in [0.15, 0.2) is 0 Å². The summed E-state index contributed by atoms with van der Waals surface area (Å²) in [6.45, 7) is 7.42. The molecule has 1 aromatic heterocycles. The van der Waals surface area contributed by atoms with Crippen molar-refractivity contribution in [3.8, 4) is 0 Å². The molecular weight excluding hydrogens is 250 g/mol. The first-order chi connectivity index (χ1) is 8.54. The van der Waals surface area contributed by atoms with E-state index in [1.807, 2.05) is 20.8 Å². The highest BCUT2D eigenvalue weighted by Gasteiger charge is 2.13. The highest BCUT2D eigenvalue weighted by atomic mass is 32.1. The fourth-order valence-electron chi connectivity index (χ4n) is 1.64. The lowest BCUT2D eigenvalue weighted by Crippen LogP contribution is -2.36. The molecule has 0 aromatic carbocycles. The summed E-state index contributed by atoms with van der Waals surface area (Å²) in [4.78, 5) is 17.1. The first-order valence-corrected chi connectivity index (χ1v) is 6.79. The van der Waals surface area contributed by atoms with Crippen LogP contribution in [-0.2, 0) is 9.53 Å². The summed E-state index contributed by atoms with van der Waals surface area (Å²) in [5, 5.41) is 7.03. The van der Waals surface area contributed by atoms with Gasteiger partial charge in [0.05, 0.1) is 23.9 Å². The number of nitrogens with one attached hydrogen (secondary N) is 2. The third-order valence-corrected chi connectivity index (χ3v) is 3.79. The second-order valence-corrected chi connectivity index (χ2v) is 5.36. The molecule has 0 saturated carbocycles. The number of hydrogen-bond acceptors (Lipinski definition) is 5. The Balaban J connectivity index is 2.34. The van der Waals surface area contributed by atoms with Gasteiger partial charge in [0.1, 0.15) is 0 Å². The van der Waals surface area contributed by atoms with Crippen molar-refractivity contribution in [2.45, 2.75) is 26.8 Å². The maximum atomic E-state index is 11.5. The average Bonchev–Trinajstić information content (AvgIpc) is 2.66. The fourth-order valence-corrected chi connectivity index (χ4v) is 2.60. The Morgan fingerprint density at radius 3 is 2.78 bits per heavy atom. The van der Waals surface area contributed by atoms with Crippen LogP contribution in [0.3, 0.4) is 0 Å². The van der Waals surface area contributed by atoms with Crippen molar-refractivity contribution in [1.82, 2.24) is 15.6 Å². The van der Waals surface area contributed by atoms with Crippen LogP contribution >= 0.6 is 11.3 Å². The van der Waals surface area contributed by atoms with Crippen LogP contribution in [0.2, 0.25) is 0 Å². The van der Waals surface area contributed by atoms with E-state index in [9.17, 15) is 4.79 Å². The molecule has 1 unspecified atom stereocenters. The zero-order chi connectivity index (χ0) is 13.5. The Labute approximate surface area is 112 Å². The number of hydrogen-bond donors (Lipinski definition) is 2. The second kappa shape index (κ2) is 7.45. The average molecular weight is 271 g/mol. The number of ether oxygens (including phenoxy) is 1. The molecule has 1 atom stereocenters. The Kier molecular flexibility index (Phi) is 6.24. The normalized spacial score (nSPS) is 12.4. The van der Waals surface area contributed by atoms with Crippen molar-refractivity contribution in [2.75, 3.05) is 26.8 Å². The van der Waals surface area contributed by atoms with Crippen molar-refractivity contribution in [3.05, 3.63) is 15.6 Å². The van der Waals surface area contributed by atoms with E-state index in [-0.39, 0.29) is 11.9 Å². The van der Waals surface area contributed by atoms with E-state index in [1.165, 1.54) is 4.88 Å². The van der Waals surface area contributed by atoms with Crippen LogP contribution in [0.4, 0.5) is 0 Å². The summed E-state index contributed by atoms with van der Waals surface area (Å²) in [6, 6.07) is 0.143. The summed E-state index contributed by atoms with van der Waals surface area (Å²) in [6.07, 6.45) is 0. The highest BCUT2D eigenvalue weighted by Crippen LogP contribution is 2.23. The molecule has 0 saturated heterocycles. The molecule has 102 valence electrons.